The van der Waals surface area contributed by atoms with Crippen LogP contribution in [0.25, 0.3) is 0 Å². The summed E-state index contributed by atoms with van der Waals surface area (Å²) in [5.74, 6) is -1.22. The topological polar surface area (TPSA) is 91.3 Å². The average Bonchev–Trinajstić information content (AvgIpc) is 2.64. The van der Waals surface area contributed by atoms with Gasteiger partial charge in [-0.1, -0.05) is 12.1 Å². The maximum absolute atomic E-state index is 12.5. The largest absolute Gasteiger partial charge is 0.416 e. The van der Waals surface area contributed by atoms with Crippen LogP contribution in [-0.4, -0.2) is 34.6 Å². The molecule has 0 unspecified atom stereocenters. The van der Waals surface area contributed by atoms with Gasteiger partial charge in [0.05, 0.1) is 12.2 Å². The van der Waals surface area contributed by atoms with Gasteiger partial charge in [0.25, 0.3) is 5.91 Å². The monoisotopic (exact) mass is 367 g/mol. The summed E-state index contributed by atoms with van der Waals surface area (Å²) in [6.07, 6.45) is -1.61. The van der Waals surface area contributed by atoms with Gasteiger partial charge in [-0.2, -0.15) is 13.2 Å². The Hall–Kier alpha value is -2.94. The molecule has 0 saturated carbocycles. The van der Waals surface area contributed by atoms with Crippen LogP contribution in [0.5, 0.6) is 0 Å². The minimum Gasteiger partial charge on any atom is -0.394 e. The van der Waals surface area contributed by atoms with E-state index in [2.05, 4.69) is 15.6 Å². The highest BCUT2D eigenvalue weighted by molar-refractivity contribution is 5.97. The molecular formula is C17H16F3N3O3. The predicted molar refractivity (Wildman–Crippen MR) is 85.9 cm³/mol. The highest BCUT2D eigenvalue weighted by Crippen LogP contribution is 2.29. The first-order valence-corrected chi connectivity index (χ1v) is 7.57. The fourth-order valence-corrected chi connectivity index (χ4v) is 2.06. The number of aliphatic hydroxyl groups excluding tert-OH is 1. The van der Waals surface area contributed by atoms with Gasteiger partial charge < -0.3 is 15.7 Å². The third-order valence-electron chi connectivity index (χ3n) is 3.49. The molecule has 26 heavy (non-hydrogen) atoms. The van der Waals surface area contributed by atoms with Gasteiger partial charge in [0.2, 0.25) is 5.91 Å². The standard InChI is InChI=1S/C17H16F3N3O3/c18-17(19,20)13-3-1-11(2-4-13)9-22-16(26)14(10-24)23-15(25)12-5-7-21-8-6-12/h1-8,14,24H,9-10H2,(H,22,26)(H,23,25)/t14-/m0/s1. The van der Waals surface area contributed by atoms with Gasteiger partial charge in [0.15, 0.2) is 0 Å². The molecule has 0 spiro atoms. The van der Waals surface area contributed by atoms with Crippen molar-refractivity contribution in [2.75, 3.05) is 6.61 Å². The van der Waals surface area contributed by atoms with Crippen molar-refractivity contribution in [1.29, 1.82) is 0 Å². The lowest BCUT2D eigenvalue weighted by molar-refractivity contribution is -0.137. The molecule has 0 aliphatic carbocycles. The summed E-state index contributed by atoms with van der Waals surface area (Å²) in [7, 11) is 0. The van der Waals surface area contributed by atoms with Crippen LogP contribution in [0.15, 0.2) is 48.8 Å². The van der Waals surface area contributed by atoms with Gasteiger partial charge in [-0.05, 0) is 29.8 Å². The first-order chi connectivity index (χ1) is 12.3. The lowest BCUT2D eigenvalue weighted by Gasteiger charge is -2.16. The number of nitrogens with one attached hydrogen (secondary N) is 2. The number of rotatable bonds is 6. The van der Waals surface area contributed by atoms with E-state index in [1.54, 1.807) is 0 Å². The van der Waals surface area contributed by atoms with Gasteiger partial charge in [0, 0.05) is 24.5 Å². The molecule has 2 rings (SSSR count). The molecule has 6 nitrogen and oxygen atoms in total. The summed E-state index contributed by atoms with van der Waals surface area (Å²) in [4.78, 5) is 27.8. The fourth-order valence-electron chi connectivity index (χ4n) is 2.06. The zero-order valence-electron chi connectivity index (χ0n) is 13.5. The first-order valence-electron chi connectivity index (χ1n) is 7.57. The van der Waals surface area contributed by atoms with Gasteiger partial charge in [-0.15, -0.1) is 0 Å². The van der Waals surface area contributed by atoms with Gasteiger partial charge >= 0.3 is 6.18 Å². The third kappa shape index (κ3) is 5.28. The Morgan fingerprint density at radius 3 is 2.23 bits per heavy atom. The zero-order valence-corrected chi connectivity index (χ0v) is 13.5. The Kier molecular flexibility index (Phi) is 6.29. The SMILES string of the molecule is O=C(N[C@@H](CO)C(=O)NCc1ccc(C(F)(F)F)cc1)c1ccncc1. The summed E-state index contributed by atoms with van der Waals surface area (Å²) >= 11 is 0. The van der Waals surface area contributed by atoms with Crippen molar-refractivity contribution in [3.63, 3.8) is 0 Å². The molecule has 3 N–H and O–H groups in total. The van der Waals surface area contributed by atoms with Crippen LogP contribution in [0.4, 0.5) is 13.2 Å². The van der Waals surface area contributed by atoms with Crippen molar-refractivity contribution in [3.05, 3.63) is 65.5 Å². The fraction of sp³-hybridized carbons (Fsp3) is 0.235. The zero-order chi connectivity index (χ0) is 19.2. The van der Waals surface area contributed by atoms with E-state index in [1.807, 2.05) is 0 Å². The molecule has 0 bridgehead atoms. The van der Waals surface area contributed by atoms with E-state index in [-0.39, 0.29) is 12.1 Å². The Morgan fingerprint density at radius 1 is 1.08 bits per heavy atom. The van der Waals surface area contributed by atoms with Crippen LogP contribution >= 0.6 is 0 Å². The molecule has 0 radical (unpaired) electrons. The van der Waals surface area contributed by atoms with Crippen LogP contribution in [0.2, 0.25) is 0 Å². The third-order valence-corrected chi connectivity index (χ3v) is 3.49. The van der Waals surface area contributed by atoms with Crippen molar-refractivity contribution in [3.8, 4) is 0 Å². The van der Waals surface area contributed by atoms with Crippen molar-refractivity contribution in [2.24, 2.45) is 0 Å². The van der Waals surface area contributed by atoms with Crippen molar-refractivity contribution in [2.45, 2.75) is 18.8 Å². The van der Waals surface area contributed by atoms with Crippen LogP contribution in [0.1, 0.15) is 21.5 Å². The average molecular weight is 367 g/mol. The second-order valence-corrected chi connectivity index (χ2v) is 5.36. The summed E-state index contributed by atoms with van der Waals surface area (Å²) in [6, 6.07) is 6.02. The molecule has 0 fully saturated rings. The lowest BCUT2D eigenvalue weighted by Crippen LogP contribution is -2.48. The first kappa shape index (κ1) is 19.4. The maximum Gasteiger partial charge on any atom is 0.416 e. The molecule has 0 saturated heterocycles. The van der Waals surface area contributed by atoms with E-state index >= 15 is 0 Å². The summed E-state index contributed by atoms with van der Waals surface area (Å²) < 4.78 is 37.5. The minimum atomic E-state index is -4.43. The van der Waals surface area contributed by atoms with E-state index in [4.69, 9.17) is 0 Å². The maximum atomic E-state index is 12.5. The van der Waals surface area contributed by atoms with Gasteiger partial charge in [0.1, 0.15) is 6.04 Å². The smallest absolute Gasteiger partial charge is 0.394 e. The highest BCUT2D eigenvalue weighted by atomic mass is 19.4. The van der Waals surface area contributed by atoms with Gasteiger partial charge in [-0.3, -0.25) is 14.6 Å². The van der Waals surface area contributed by atoms with E-state index < -0.39 is 36.2 Å². The summed E-state index contributed by atoms with van der Waals surface area (Å²) in [5.41, 5.74) is -0.0667. The van der Waals surface area contributed by atoms with Crippen LogP contribution in [-0.2, 0) is 17.5 Å². The molecule has 1 aromatic heterocycles. The van der Waals surface area contributed by atoms with E-state index in [9.17, 15) is 27.9 Å². The Balaban J connectivity index is 1.92. The molecule has 1 aromatic carbocycles. The molecule has 1 atom stereocenters. The van der Waals surface area contributed by atoms with E-state index in [0.717, 1.165) is 12.1 Å². The molecule has 138 valence electrons. The van der Waals surface area contributed by atoms with Crippen molar-refractivity contribution in [1.82, 2.24) is 15.6 Å². The number of carbonyl (C=O) groups is 2. The quantitative estimate of drug-likeness (QED) is 0.722. The summed E-state index contributed by atoms with van der Waals surface area (Å²) in [5, 5.41) is 14.1. The molecule has 2 amide bonds. The number of pyridine rings is 1. The summed E-state index contributed by atoms with van der Waals surface area (Å²) in [6.45, 7) is -0.672. The number of nitrogens with zero attached hydrogens (tertiary/aromatic N) is 1. The molecule has 0 aliphatic rings. The van der Waals surface area contributed by atoms with E-state index in [0.29, 0.717) is 5.56 Å². The number of alkyl halides is 3. The molecule has 0 aliphatic heterocycles. The Morgan fingerprint density at radius 2 is 1.69 bits per heavy atom. The Labute approximate surface area is 147 Å². The number of carbonyl (C=O) groups excluding carboxylic acids is 2. The second-order valence-electron chi connectivity index (χ2n) is 5.36. The molecular weight excluding hydrogens is 351 g/mol. The van der Waals surface area contributed by atoms with Gasteiger partial charge in [-0.25, -0.2) is 0 Å². The van der Waals surface area contributed by atoms with Crippen molar-refractivity contribution >= 4 is 11.8 Å². The van der Waals surface area contributed by atoms with Crippen LogP contribution < -0.4 is 10.6 Å². The molecule has 1 heterocycles. The number of aliphatic hydroxyl groups is 1. The number of hydrogen-bond donors (Lipinski definition) is 3. The predicted octanol–water partition coefficient (Wildman–Crippen LogP) is 1.51. The van der Waals surface area contributed by atoms with Crippen LogP contribution in [0.3, 0.4) is 0 Å². The number of aromatic nitrogens is 1. The number of benzene rings is 1. The molecule has 2 aromatic rings. The second kappa shape index (κ2) is 8.43. The minimum absolute atomic E-state index is 0.0431. The van der Waals surface area contributed by atoms with Crippen LogP contribution in [0, 0.1) is 0 Å². The Bertz CT molecular complexity index is 749. The molecule has 9 heteroatoms. The number of amides is 2. The van der Waals surface area contributed by atoms with E-state index in [1.165, 1.54) is 36.7 Å². The highest BCUT2D eigenvalue weighted by Gasteiger charge is 2.30. The number of hydrogen-bond acceptors (Lipinski definition) is 4. The number of halogens is 3. The lowest BCUT2D eigenvalue weighted by atomic mass is 10.1. The normalized spacial score (nSPS) is 12.3. The van der Waals surface area contributed by atoms with Crippen molar-refractivity contribution < 1.29 is 27.9 Å².